The zero-order valence-electron chi connectivity index (χ0n) is 18.4. The third-order valence-corrected chi connectivity index (χ3v) is 4.95. The predicted octanol–water partition coefficient (Wildman–Crippen LogP) is 7.33. The second kappa shape index (κ2) is 18.0. The van der Waals surface area contributed by atoms with Crippen LogP contribution >= 0.6 is 0 Å². The van der Waals surface area contributed by atoms with Gasteiger partial charge in [0, 0.05) is 0 Å². The van der Waals surface area contributed by atoms with Gasteiger partial charge in [-0.1, -0.05) is 61.1 Å². The van der Waals surface area contributed by atoms with Crippen LogP contribution < -0.4 is 5.73 Å². The van der Waals surface area contributed by atoms with Gasteiger partial charge in [-0.15, -0.1) is 0 Å². The van der Waals surface area contributed by atoms with Gasteiger partial charge in [0.1, 0.15) is 5.75 Å². The number of hydrogen-bond acceptors (Lipinski definition) is 2. The minimum Gasteiger partial charge on any atom is -0.508 e. The van der Waals surface area contributed by atoms with Crippen LogP contribution in [-0.2, 0) is 6.42 Å². The van der Waals surface area contributed by atoms with Gasteiger partial charge in [-0.2, -0.15) is 0 Å². The quantitative estimate of drug-likeness (QED) is 0.227. The Labute approximate surface area is 178 Å². The number of benzene rings is 1. The molecule has 3 N–H and O–H groups in total. The molecular formula is C27H41NO. The lowest BCUT2D eigenvalue weighted by Gasteiger charge is -2.05. The molecule has 0 unspecified atom stereocenters. The molecular weight excluding hydrogens is 354 g/mol. The maximum absolute atomic E-state index is 9.45. The summed E-state index contributed by atoms with van der Waals surface area (Å²) >= 11 is 0. The second-order valence-electron chi connectivity index (χ2n) is 7.59. The summed E-state index contributed by atoms with van der Waals surface area (Å²) in [5, 5.41) is 9.45. The highest BCUT2D eigenvalue weighted by Gasteiger charge is 1.99. The van der Waals surface area contributed by atoms with Crippen molar-refractivity contribution in [3.05, 3.63) is 77.9 Å². The molecule has 0 amide bonds. The molecule has 0 heterocycles. The fourth-order valence-corrected chi connectivity index (χ4v) is 3.17. The first-order valence-electron chi connectivity index (χ1n) is 11.3. The lowest BCUT2D eigenvalue weighted by molar-refractivity contribution is 0.474. The van der Waals surface area contributed by atoms with E-state index in [1.54, 1.807) is 6.07 Å². The van der Waals surface area contributed by atoms with Crippen LogP contribution in [0.4, 0.5) is 0 Å². The van der Waals surface area contributed by atoms with E-state index in [4.69, 9.17) is 5.73 Å². The molecule has 0 aliphatic carbocycles. The molecule has 0 aliphatic rings. The third kappa shape index (κ3) is 14.6. The van der Waals surface area contributed by atoms with Gasteiger partial charge < -0.3 is 10.8 Å². The molecule has 29 heavy (non-hydrogen) atoms. The zero-order valence-corrected chi connectivity index (χ0v) is 18.4. The van der Waals surface area contributed by atoms with Gasteiger partial charge in [-0.05, 0) is 101 Å². The number of allylic oxidation sites excluding steroid dienone is 8. The monoisotopic (exact) mass is 395 g/mol. The number of aromatic hydroxyl groups is 1. The Balaban J connectivity index is 1.95. The summed E-state index contributed by atoms with van der Waals surface area (Å²) in [7, 11) is 0. The fraction of sp³-hybridized carbons (Fsp3) is 0.481. The van der Waals surface area contributed by atoms with E-state index in [0.29, 0.717) is 5.75 Å². The normalized spacial score (nSPS) is 12.3. The topological polar surface area (TPSA) is 46.2 Å². The molecule has 2 nitrogen and oxygen atoms in total. The van der Waals surface area contributed by atoms with Crippen molar-refractivity contribution >= 4 is 0 Å². The van der Waals surface area contributed by atoms with Crippen molar-refractivity contribution in [2.45, 2.75) is 77.6 Å². The number of hydrogen-bond donors (Lipinski definition) is 2. The average molecular weight is 396 g/mol. The summed E-state index contributed by atoms with van der Waals surface area (Å²) in [6.45, 7) is 2.88. The Kier molecular flexibility index (Phi) is 15.5. The highest BCUT2D eigenvalue weighted by molar-refractivity contribution is 5.33. The molecule has 1 aromatic carbocycles. The second-order valence-corrected chi connectivity index (χ2v) is 7.59. The minimum atomic E-state index is 0.364. The number of phenolic OH excluding ortho intramolecular Hbond substituents is 1. The summed E-state index contributed by atoms with van der Waals surface area (Å²) in [4.78, 5) is 0. The summed E-state index contributed by atoms with van der Waals surface area (Å²) < 4.78 is 0. The van der Waals surface area contributed by atoms with Crippen molar-refractivity contribution in [1.29, 1.82) is 0 Å². The van der Waals surface area contributed by atoms with Crippen LogP contribution in [0.1, 0.15) is 75.3 Å². The number of nitrogens with two attached hydrogens (primary N) is 1. The molecule has 2 heteroatoms. The van der Waals surface area contributed by atoms with E-state index in [1.807, 2.05) is 12.1 Å². The van der Waals surface area contributed by atoms with Crippen LogP contribution in [0.3, 0.4) is 0 Å². The Morgan fingerprint density at radius 1 is 0.724 bits per heavy atom. The number of aryl methyl sites for hydroxylation is 2. The highest BCUT2D eigenvalue weighted by Crippen LogP contribution is 2.18. The SMILES string of the molecule is Cc1cc(O)ccc1CCCCCC=CCC=CCC=CCC=CCCCCN. The molecule has 1 aromatic rings. The van der Waals surface area contributed by atoms with Gasteiger partial charge in [-0.25, -0.2) is 0 Å². The van der Waals surface area contributed by atoms with Gasteiger partial charge >= 0.3 is 0 Å². The average Bonchev–Trinajstić information content (AvgIpc) is 2.71. The van der Waals surface area contributed by atoms with Crippen molar-refractivity contribution in [2.24, 2.45) is 5.73 Å². The van der Waals surface area contributed by atoms with Crippen LogP contribution in [0.25, 0.3) is 0 Å². The standard InChI is InChI=1S/C27H41NO/c1-25-24-27(29)22-21-26(25)20-18-16-14-12-10-8-6-4-2-3-5-7-9-11-13-15-17-19-23-28/h2,4-5,7-8,10-11,13,21-22,24,29H,3,6,9,12,14-20,23,28H2,1H3. The first kappa shape index (κ1) is 25.0. The predicted molar refractivity (Wildman–Crippen MR) is 128 cm³/mol. The van der Waals surface area contributed by atoms with Crippen molar-refractivity contribution in [3.8, 4) is 5.75 Å². The molecule has 0 saturated carbocycles. The molecule has 0 saturated heterocycles. The summed E-state index contributed by atoms with van der Waals surface area (Å²) in [6.07, 6.45) is 30.6. The van der Waals surface area contributed by atoms with E-state index < -0.39 is 0 Å². The maximum Gasteiger partial charge on any atom is 0.115 e. The molecule has 0 radical (unpaired) electrons. The number of phenols is 1. The van der Waals surface area contributed by atoms with Gasteiger partial charge in [0.05, 0.1) is 0 Å². The van der Waals surface area contributed by atoms with E-state index >= 15 is 0 Å². The molecule has 0 bridgehead atoms. The largest absolute Gasteiger partial charge is 0.508 e. The Morgan fingerprint density at radius 2 is 1.28 bits per heavy atom. The molecule has 1 rings (SSSR count). The molecule has 160 valence electrons. The Bertz CT molecular complexity index is 640. The maximum atomic E-state index is 9.45. The minimum absolute atomic E-state index is 0.364. The molecule has 0 fully saturated rings. The first-order valence-corrected chi connectivity index (χ1v) is 11.3. The lowest BCUT2D eigenvalue weighted by atomic mass is 10.0. The lowest BCUT2D eigenvalue weighted by Crippen LogP contribution is -1.96. The molecule has 0 atom stereocenters. The summed E-state index contributed by atoms with van der Waals surface area (Å²) in [5.74, 6) is 0.364. The summed E-state index contributed by atoms with van der Waals surface area (Å²) in [6, 6.07) is 5.69. The van der Waals surface area contributed by atoms with Crippen LogP contribution in [-0.4, -0.2) is 11.7 Å². The molecule has 0 aliphatic heterocycles. The first-order chi connectivity index (χ1) is 14.2. The van der Waals surface area contributed by atoms with Crippen LogP contribution in [0, 0.1) is 6.92 Å². The van der Waals surface area contributed by atoms with Gasteiger partial charge in [-0.3, -0.25) is 0 Å². The van der Waals surface area contributed by atoms with Gasteiger partial charge in [0.15, 0.2) is 0 Å². The zero-order chi connectivity index (χ0) is 21.0. The Hall–Kier alpha value is -2.06. The molecule has 0 aromatic heterocycles. The van der Waals surface area contributed by atoms with Crippen LogP contribution in [0.2, 0.25) is 0 Å². The number of unbranched alkanes of at least 4 members (excludes halogenated alkanes) is 5. The summed E-state index contributed by atoms with van der Waals surface area (Å²) in [5.41, 5.74) is 8.03. The van der Waals surface area contributed by atoms with Crippen LogP contribution in [0.5, 0.6) is 5.75 Å². The van der Waals surface area contributed by atoms with Gasteiger partial charge in [0.25, 0.3) is 0 Å². The van der Waals surface area contributed by atoms with Crippen molar-refractivity contribution in [3.63, 3.8) is 0 Å². The van der Waals surface area contributed by atoms with E-state index in [1.165, 1.54) is 43.2 Å². The number of rotatable bonds is 16. The van der Waals surface area contributed by atoms with E-state index in [2.05, 4.69) is 55.5 Å². The van der Waals surface area contributed by atoms with E-state index in [0.717, 1.165) is 45.1 Å². The van der Waals surface area contributed by atoms with Crippen molar-refractivity contribution in [2.75, 3.05) is 6.54 Å². The van der Waals surface area contributed by atoms with Gasteiger partial charge in [0.2, 0.25) is 0 Å². The van der Waals surface area contributed by atoms with E-state index in [9.17, 15) is 5.11 Å². The smallest absolute Gasteiger partial charge is 0.115 e. The highest BCUT2D eigenvalue weighted by atomic mass is 16.3. The fourth-order valence-electron chi connectivity index (χ4n) is 3.17. The molecule has 0 spiro atoms. The van der Waals surface area contributed by atoms with Crippen molar-refractivity contribution < 1.29 is 5.11 Å². The third-order valence-electron chi connectivity index (χ3n) is 4.95. The van der Waals surface area contributed by atoms with Crippen molar-refractivity contribution in [1.82, 2.24) is 0 Å². The van der Waals surface area contributed by atoms with E-state index in [-0.39, 0.29) is 0 Å². The van der Waals surface area contributed by atoms with Crippen LogP contribution in [0.15, 0.2) is 66.8 Å². The Morgan fingerprint density at radius 3 is 1.83 bits per heavy atom.